The Kier molecular flexibility index (Phi) is 6.40. The number of nitro benzene ring substituents is 1. The maximum absolute atomic E-state index is 13.3. The summed E-state index contributed by atoms with van der Waals surface area (Å²) in [6.45, 7) is 5.91. The summed E-state index contributed by atoms with van der Waals surface area (Å²) in [5.41, 5.74) is 0.827. The highest BCUT2D eigenvalue weighted by Crippen LogP contribution is 2.28. The van der Waals surface area contributed by atoms with Crippen LogP contribution in [0.1, 0.15) is 22.6 Å². The maximum Gasteiger partial charge on any atom is 0.271 e. The van der Waals surface area contributed by atoms with Crippen molar-refractivity contribution in [3.8, 4) is 0 Å². The Bertz CT molecular complexity index is 934. The number of non-ortho nitro benzene ring substituents is 1. The average molecular weight is 395 g/mol. The van der Waals surface area contributed by atoms with Crippen molar-refractivity contribution in [3.63, 3.8) is 0 Å². The minimum Gasteiger partial charge on any atom is -0.465 e. The van der Waals surface area contributed by atoms with E-state index in [0.29, 0.717) is 29.2 Å². The van der Waals surface area contributed by atoms with Gasteiger partial charge in [-0.05, 0) is 58.1 Å². The molecule has 0 saturated heterocycles. The van der Waals surface area contributed by atoms with E-state index in [1.807, 2.05) is 19.0 Å². The van der Waals surface area contributed by atoms with Crippen molar-refractivity contribution in [3.05, 3.63) is 57.0 Å². The summed E-state index contributed by atoms with van der Waals surface area (Å²) in [7, 11) is -0.249. The first kappa shape index (κ1) is 21.1. The number of hydrogen-bond acceptors (Lipinski definition) is 6. The molecule has 0 spiro atoms. The van der Waals surface area contributed by atoms with Gasteiger partial charge in [-0.2, -0.15) is 4.31 Å². The molecule has 0 N–H and O–H groups in total. The Morgan fingerprint density at radius 2 is 1.78 bits per heavy atom. The van der Waals surface area contributed by atoms with Crippen LogP contribution in [-0.2, 0) is 16.6 Å². The molecule has 0 amide bonds. The average Bonchev–Trinajstić information content (AvgIpc) is 2.98. The Labute approximate surface area is 159 Å². The fourth-order valence-corrected chi connectivity index (χ4v) is 4.38. The smallest absolute Gasteiger partial charge is 0.271 e. The van der Waals surface area contributed by atoms with Crippen LogP contribution in [0.4, 0.5) is 5.69 Å². The van der Waals surface area contributed by atoms with Gasteiger partial charge >= 0.3 is 0 Å². The Balaban J connectivity index is 2.50. The standard InChI is InChI=1S/C18H25N3O5S/c1-13-10-16(21(22)23)11-18(15(13)3)27(24,25)20(9-8-19(4)5)12-17-7-6-14(2)26-17/h6-7,10-11H,8-9,12H2,1-5H3. The number of furan rings is 1. The van der Waals surface area contributed by atoms with Gasteiger partial charge in [0.2, 0.25) is 10.0 Å². The molecule has 0 bridgehead atoms. The number of rotatable bonds is 8. The van der Waals surface area contributed by atoms with E-state index in [0.717, 1.165) is 6.07 Å². The molecule has 0 aliphatic rings. The maximum atomic E-state index is 13.3. The van der Waals surface area contributed by atoms with Crippen LogP contribution in [0.25, 0.3) is 0 Å². The van der Waals surface area contributed by atoms with Crippen LogP contribution in [-0.4, -0.2) is 49.7 Å². The van der Waals surface area contributed by atoms with Gasteiger partial charge < -0.3 is 9.32 Å². The molecule has 8 nitrogen and oxygen atoms in total. The molecule has 0 aliphatic carbocycles. The molecule has 0 atom stereocenters. The summed E-state index contributed by atoms with van der Waals surface area (Å²) in [4.78, 5) is 12.5. The van der Waals surface area contributed by atoms with E-state index in [2.05, 4.69) is 0 Å². The number of aryl methyl sites for hydroxylation is 2. The van der Waals surface area contributed by atoms with E-state index >= 15 is 0 Å². The molecule has 27 heavy (non-hydrogen) atoms. The van der Waals surface area contributed by atoms with Crippen molar-refractivity contribution < 1.29 is 17.8 Å². The normalized spacial score (nSPS) is 12.1. The molecule has 0 unspecified atom stereocenters. The topological polar surface area (TPSA) is 96.9 Å². The van der Waals surface area contributed by atoms with Crippen LogP contribution in [0.2, 0.25) is 0 Å². The van der Waals surface area contributed by atoms with Crippen molar-refractivity contribution in [1.29, 1.82) is 0 Å². The van der Waals surface area contributed by atoms with Crippen molar-refractivity contribution in [2.45, 2.75) is 32.2 Å². The van der Waals surface area contributed by atoms with Gasteiger partial charge in [0.1, 0.15) is 11.5 Å². The number of likely N-dealkylation sites (N-methyl/N-ethyl adjacent to an activating group) is 1. The van der Waals surface area contributed by atoms with Crippen LogP contribution < -0.4 is 0 Å². The van der Waals surface area contributed by atoms with E-state index in [9.17, 15) is 18.5 Å². The predicted octanol–water partition coefficient (Wildman–Crippen LogP) is 2.87. The van der Waals surface area contributed by atoms with Gasteiger partial charge in [0.25, 0.3) is 5.69 Å². The molecule has 0 fully saturated rings. The largest absolute Gasteiger partial charge is 0.465 e. The summed E-state index contributed by atoms with van der Waals surface area (Å²) in [6, 6.07) is 6.02. The van der Waals surface area contributed by atoms with Gasteiger partial charge in [-0.15, -0.1) is 0 Å². The molecule has 0 aliphatic heterocycles. The van der Waals surface area contributed by atoms with Crippen molar-refractivity contribution >= 4 is 15.7 Å². The summed E-state index contributed by atoms with van der Waals surface area (Å²) in [6.07, 6.45) is 0. The third-order valence-electron chi connectivity index (χ3n) is 4.36. The van der Waals surface area contributed by atoms with E-state index in [-0.39, 0.29) is 23.7 Å². The van der Waals surface area contributed by atoms with Gasteiger partial charge in [-0.1, -0.05) is 0 Å². The third-order valence-corrected chi connectivity index (χ3v) is 6.33. The molecule has 2 aromatic rings. The number of sulfonamides is 1. The second-order valence-corrected chi connectivity index (χ2v) is 8.70. The Hall–Kier alpha value is -2.23. The first-order chi connectivity index (χ1) is 12.5. The lowest BCUT2D eigenvalue weighted by molar-refractivity contribution is -0.385. The molecular weight excluding hydrogens is 370 g/mol. The summed E-state index contributed by atoms with van der Waals surface area (Å²) in [5.74, 6) is 1.21. The van der Waals surface area contributed by atoms with Gasteiger partial charge in [0.05, 0.1) is 16.4 Å². The van der Waals surface area contributed by atoms with Crippen LogP contribution in [0.3, 0.4) is 0 Å². The molecule has 148 valence electrons. The van der Waals surface area contributed by atoms with Crippen molar-refractivity contribution in [2.24, 2.45) is 0 Å². The van der Waals surface area contributed by atoms with Crippen LogP contribution in [0.15, 0.2) is 33.6 Å². The van der Waals surface area contributed by atoms with Crippen molar-refractivity contribution in [2.75, 3.05) is 27.2 Å². The first-order valence-corrected chi connectivity index (χ1v) is 9.92. The number of nitro groups is 1. The zero-order chi connectivity index (χ0) is 20.4. The zero-order valence-electron chi connectivity index (χ0n) is 16.2. The molecule has 0 saturated carbocycles. The van der Waals surface area contributed by atoms with E-state index in [1.165, 1.54) is 10.4 Å². The fourth-order valence-electron chi connectivity index (χ4n) is 2.66. The molecule has 0 radical (unpaired) electrons. The second-order valence-electron chi connectivity index (χ2n) is 6.80. The molecule has 9 heteroatoms. The Morgan fingerprint density at radius 1 is 1.11 bits per heavy atom. The highest BCUT2D eigenvalue weighted by Gasteiger charge is 2.29. The number of benzene rings is 1. The predicted molar refractivity (Wildman–Crippen MR) is 102 cm³/mol. The first-order valence-electron chi connectivity index (χ1n) is 8.48. The minimum atomic E-state index is -3.95. The minimum absolute atomic E-state index is 0.0452. The molecule has 1 aromatic heterocycles. The number of nitrogens with zero attached hydrogens (tertiary/aromatic N) is 3. The Morgan fingerprint density at radius 3 is 2.30 bits per heavy atom. The van der Waals surface area contributed by atoms with Gasteiger partial charge in [-0.3, -0.25) is 10.1 Å². The summed E-state index contributed by atoms with van der Waals surface area (Å²) >= 11 is 0. The summed E-state index contributed by atoms with van der Waals surface area (Å²) < 4.78 is 33.5. The molecule has 1 aromatic carbocycles. The van der Waals surface area contributed by atoms with Gasteiger partial charge in [0.15, 0.2) is 0 Å². The molecular formula is C18H25N3O5S. The lowest BCUT2D eigenvalue weighted by Crippen LogP contribution is -2.36. The fraction of sp³-hybridized carbons (Fsp3) is 0.444. The van der Waals surface area contributed by atoms with Crippen LogP contribution in [0.5, 0.6) is 0 Å². The van der Waals surface area contributed by atoms with Gasteiger partial charge in [0, 0.05) is 25.2 Å². The van der Waals surface area contributed by atoms with Crippen LogP contribution >= 0.6 is 0 Å². The lowest BCUT2D eigenvalue weighted by Gasteiger charge is -2.24. The van der Waals surface area contributed by atoms with Crippen molar-refractivity contribution in [1.82, 2.24) is 9.21 Å². The number of hydrogen-bond donors (Lipinski definition) is 0. The van der Waals surface area contributed by atoms with Gasteiger partial charge in [-0.25, -0.2) is 8.42 Å². The van der Waals surface area contributed by atoms with E-state index in [1.54, 1.807) is 32.9 Å². The third kappa shape index (κ3) is 4.94. The van der Waals surface area contributed by atoms with Crippen LogP contribution in [0, 0.1) is 30.9 Å². The second kappa shape index (κ2) is 8.20. The lowest BCUT2D eigenvalue weighted by atomic mass is 10.1. The summed E-state index contributed by atoms with van der Waals surface area (Å²) in [5, 5.41) is 11.2. The van der Waals surface area contributed by atoms with E-state index < -0.39 is 14.9 Å². The van der Waals surface area contributed by atoms with E-state index in [4.69, 9.17) is 4.42 Å². The monoisotopic (exact) mass is 395 g/mol. The zero-order valence-corrected chi connectivity index (χ0v) is 17.0. The molecule has 1 heterocycles. The SMILES string of the molecule is Cc1ccc(CN(CCN(C)C)S(=O)(=O)c2cc([N+](=O)[O-])cc(C)c2C)o1. The highest BCUT2D eigenvalue weighted by atomic mass is 32.2. The quantitative estimate of drug-likeness (QED) is 0.504. The molecule has 2 rings (SSSR count). The highest BCUT2D eigenvalue weighted by molar-refractivity contribution is 7.89.